The van der Waals surface area contributed by atoms with Gasteiger partial charge in [0.15, 0.2) is 5.60 Å². The zero-order valence-electron chi connectivity index (χ0n) is 20.6. The standard InChI is InChI=1S/C24H25ClF3N7O2/c1-13-29-8-19(33(13)2)23(36,20-9-30-32-34(20)3)14-5-6-18-16(7-14)21(25)17(22(31-18)37-4)12-35-10-15(11-35)24(26,27)28/h5-9,15,36H,10-12H2,1-4H3/t23-/m0/s1. The van der Waals surface area contributed by atoms with E-state index in [9.17, 15) is 18.3 Å². The van der Waals surface area contributed by atoms with Crippen molar-refractivity contribution in [3.05, 3.63) is 64.0 Å². The number of halogens is 4. The third-order valence-corrected chi connectivity index (χ3v) is 7.50. The number of methoxy groups -OCH3 is 1. The van der Waals surface area contributed by atoms with Gasteiger partial charge >= 0.3 is 6.18 Å². The molecular weight excluding hydrogens is 511 g/mol. The number of nitrogens with zero attached hydrogens (tertiary/aromatic N) is 7. The topological polar surface area (TPSA) is 94.1 Å². The number of hydrogen-bond donors (Lipinski definition) is 1. The van der Waals surface area contributed by atoms with Crippen LogP contribution in [-0.2, 0) is 26.2 Å². The molecule has 0 amide bonds. The summed E-state index contributed by atoms with van der Waals surface area (Å²) in [5, 5.41) is 21.0. The monoisotopic (exact) mass is 535 g/mol. The first-order valence-corrected chi connectivity index (χ1v) is 11.8. The van der Waals surface area contributed by atoms with Crippen LogP contribution in [0.1, 0.15) is 28.3 Å². The maximum atomic E-state index is 13.0. The van der Waals surface area contributed by atoms with Crippen molar-refractivity contribution in [3.63, 3.8) is 0 Å². The largest absolute Gasteiger partial charge is 0.481 e. The molecule has 1 atom stereocenters. The predicted octanol–water partition coefficient (Wildman–Crippen LogP) is 3.35. The lowest BCUT2D eigenvalue weighted by atomic mass is 9.86. The van der Waals surface area contributed by atoms with Crippen molar-refractivity contribution in [2.24, 2.45) is 20.0 Å². The molecule has 1 fully saturated rings. The van der Waals surface area contributed by atoms with E-state index >= 15 is 0 Å². The Morgan fingerprint density at radius 1 is 1.16 bits per heavy atom. The Balaban J connectivity index is 1.62. The van der Waals surface area contributed by atoms with Crippen molar-refractivity contribution in [3.8, 4) is 5.88 Å². The molecule has 4 heterocycles. The average molecular weight is 536 g/mol. The van der Waals surface area contributed by atoms with Gasteiger partial charge in [-0.25, -0.2) is 14.6 Å². The summed E-state index contributed by atoms with van der Waals surface area (Å²) in [7, 11) is 4.92. The van der Waals surface area contributed by atoms with Gasteiger partial charge in [0, 0.05) is 44.7 Å². The maximum absolute atomic E-state index is 13.0. The molecule has 0 radical (unpaired) electrons. The lowest BCUT2D eigenvalue weighted by Gasteiger charge is -2.40. The molecule has 13 heteroatoms. The molecule has 0 unspecified atom stereocenters. The van der Waals surface area contributed by atoms with Crippen LogP contribution in [0.3, 0.4) is 0 Å². The van der Waals surface area contributed by atoms with E-state index in [1.54, 1.807) is 48.0 Å². The zero-order valence-corrected chi connectivity index (χ0v) is 21.3. The van der Waals surface area contributed by atoms with Crippen LogP contribution in [0.15, 0.2) is 30.6 Å². The zero-order chi connectivity index (χ0) is 26.7. The Bertz CT molecular complexity index is 1480. The number of benzene rings is 1. The van der Waals surface area contributed by atoms with Crippen LogP contribution in [0.5, 0.6) is 5.88 Å². The SMILES string of the molecule is COc1nc2ccc([C@@](O)(c3cnnn3C)c3cnc(C)n3C)cc2c(Cl)c1CN1CC(C(F)(F)F)C1. The van der Waals surface area contributed by atoms with Gasteiger partial charge in [0.1, 0.15) is 11.5 Å². The van der Waals surface area contributed by atoms with Gasteiger partial charge in [-0.05, 0) is 24.6 Å². The van der Waals surface area contributed by atoms with E-state index in [-0.39, 0.29) is 25.5 Å². The molecule has 3 aromatic heterocycles. The van der Waals surface area contributed by atoms with E-state index in [4.69, 9.17) is 16.3 Å². The number of pyridine rings is 1. The molecule has 1 aliphatic rings. The highest BCUT2D eigenvalue weighted by Gasteiger charge is 2.47. The summed E-state index contributed by atoms with van der Waals surface area (Å²) in [4.78, 5) is 10.5. The van der Waals surface area contributed by atoms with Gasteiger partial charge in [0.05, 0.1) is 41.7 Å². The third-order valence-electron chi connectivity index (χ3n) is 7.07. The Kier molecular flexibility index (Phi) is 6.16. The van der Waals surface area contributed by atoms with E-state index in [0.717, 1.165) is 0 Å². The molecule has 0 bridgehead atoms. The Labute approximate surface area is 215 Å². The molecule has 0 aliphatic carbocycles. The molecule has 1 saturated heterocycles. The van der Waals surface area contributed by atoms with Crippen molar-refractivity contribution in [1.29, 1.82) is 0 Å². The van der Waals surface area contributed by atoms with E-state index in [1.807, 2.05) is 6.92 Å². The van der Waals surface area contributed by atoms with Crippen molar-refractivity contribution >= 4 is 22.5 Å². The van der Waals surface area contributed by atoms with E-state index in [2.05, 4.69) is 20.3 Å². The van der Waals surface area contributed by atoms with Crippen molar-refractivity contribution in [2.45, 2.75) is 25.2 Å². The van der Waals surface area contributed by atoms with E-state index in [1.165, 1.54) is 18.0 Å². The molecule has 5 rings (SSSR count). The van der Waals surface area contributed by atoms with Crippen LogP contribution < -0.4 is 4.74 Å². The number of hydrogen-bond acceptors (Lipinski definition) is 7. The van der Waals surface area contributed by atoms with Crippen molar-refractivity contribution < 1.29 is 23.0 Å². The van der Waals surface area contributed by atoms with Crippen molar-refractivity contribution in [1.82, 2.24) is 34.4 Å². The molecule has 1 aliphatic heterocycles. The Morgan fingerprint density at radius 2 is 1.89 bits per heavy atom. The quantitative estimate of drug-likeness (QED) is 0.405. The summed E-state index contributed by atoms with van der Waals surface area (Å²) in [5.74, 6) is -0.418. The highest BCUT2D eigenvalue weighted by Crippen LogP contribution is 2.41. The summed E-state index contributed by atoms with van der Waals surface area (Å²) in [6.07, 6.45) is -1.16. The Morgan fingerprint density at radius 3 is 2.46 bits per heavy atom. The first kappa shape index (κ1) is 25.4. The molecule has 4 aromatic rings. The summed E-state index contributed by atoms with van der Waals surface area (Å²) in [5.41, 5.74) is 0.671. The summed E-state index contributed by atoms with van der Waals surface area (Å²) in [6.45, 7) is 1.74. The smallest absolute Gasteiger partial charge is 0.394 e. The van der Waals surface area contributed by atoms with Crippen LogP contribution in [0.25, 0.3) is 10.9 Å². The molecule has 37 heavy (non-hydrogen) atoms. The van der Waals surface area contributed by atoms with Crippen LogP contribution in [0.4, 0.5) is 13.2 Å². The van der Waals surface area contributed by atoms with Gasteiger partial charge in [-0.3, -0.25) is 4.90 Å². The number of aliphatic hydroxyl groups is 1. The molecular formula is C24H25ClF3N7O2. The fraction of sp³-hybridized carbons (Fsp3) is 0.417. The minimum Gasteiger partial charge on any atom is -0.481 e. The molecule has 0 saturated carbocycles. The Hall–Kier alpha value is -3.22. The minimum absolute atomic E-state index is 0.117. The average Bonchev–Trinajstić information content (AvgIpc) is 3.40. The fourth-order valence-corrected chi connectivity index (χ4v) is 5.08. The second kappa shape index (κ2) is 8.96. The van der Waals surface area contributed by atoms with E-state index in [0.29, 0.717) is 44.3 Å². The first-order valence-electron chi connectivity index (χ1n) is 11.5. The van der Waals surface area contributed by atoms with E-state index < -0.39 is 17.7 Å². The van der Waals surface area contributed by atoms with Gasteiger partial charge in [-0.1, -0.05) is 22.9 Å². The number of ether oxygens (including phenoxy) is 1. The minimum atomic E-state index is -4.23. The maximum Gasteiger partial charge on any atom is 0.394 e. The van der Waals surface area contributed by atoms with Gasteiger partial charge in [0.25, 0.3) is 0 Å². The van der Waals surface area contributed by atoms with Crippen molar-refractivity contribution in [2.75, 3.05) is 20.2 Å². The second-order valence-corrected chi connectivity index (χ2v) is 9.66. The summed E-state index contributed by atoms with van der Waals surface area (Å²) >= 11 is 6.84. The van der Waals surface area contributed by atoms with Gasteiger partial charge < -0.3 is 14.4 Å². The fourth-order valence-electron chi connectivity index (χ4n) is 4.79. The number of aryl methyl sites for hydroxylation is 2. The normalized spacial score (nSPS) is 16.7. The van der Waals surface area contributed by atoms with Crippen LogP contribution >= 0.6 is 11.6 Å². The van der Waals surface area contributed by atoms with Gasteiger partial charge in [0.2, 0.25) is 5.88 Å². The molecule has 9 nitrogen and oxygen atoms in total. The lowest BCUT2D eigenvalue weighted by Crippen LogP contribution is -2.52. The van der Waals surface area contributed by atoms with Gasteiger partial charge in [-0.2, -0.15) is 13.2 Å². The number of likely N-dealkylation sites (tertiary alicyclic amines) is 1. The van der Waals surface area contributed by atoms with Crippen LogP contribution in [0.2, 0.25) is 5.02 Å². The number of imidazole rings is 1. The molecule has 1 N–H and O–H groups in total. The lowest BCUT2D eigenvalue weighted by molar-refractivity contribution is -0.210. The summed E-state index contributed by atoms with van der Waals surface area (Å²) in [6, 6.07) is 5.16. The summed E-state index contributed by atoms with van der Waals surface area (Å²) < 4.78 is 47.6. The highest BCUT2D eigenvalue weighted by atomic mass is 35.5. The second-order valence-electron chi connectivity index (χ2n) is 9.28. The van der Waals surface area contributed by atoms with Crippen LogP contribution in [-0.4, -0.2) is 65.9 Å². The number of aromatic nitrogens is 6. The van der Waals surface area contributed by atoms with Gasteiger partial charge in [-0.15, -0.1) is 5.10 Å². The molecule has 196 valence electrons. The number of alkyl halides is 3. The third kappa shape index (κ3) is 4.12. The number of rotatable bonds is 6. The van der Waals surface area contributed by atoms with Crippen LogP contribution in [0, 0.1) is 12.8 Å². The predicted molar refractivity (Wildman–Crippen MR) is 129 cm³/mol. The number of fused-ring (bicyclic) bond motifs is 1. The first-order chi connectivity index (χ1) is 17.4. The highest BCUT2D eigenvalue weighted by molar-refractivity contribution is 6.36. The molecule has 0 spiro atoms. The molecule has 1 aromatic carbocycles.